The molecule has 1 aromatic rings. The van der Waals surface area contributed by atoms with Crippen LogP contribution in [-0.4, -0.2) is 30.7 Å². The molecule has 1 atom stereocenters. The normalized spacial score (nSPS) is 13.0. The Hall–Kier alpha value is -1.98. The quantitative estimate of drug-likeness (QED) is 0.614. The first-order chi connectivity index (χ1) is 8.73. The van der Waals surface area contributed by atoms with Gasteiger partial charge >= 0.3 is 0 Å². The molecule has 0 N–H and O–H groups in total. The molecule has 8 heteroatoms. The fourth-order valence-corrected chi connectivity index (χ4v) is 3.04. The minimum atomic E-state index is -3.93. The van der Waals surface area contributed by atoms with Crippen LogP contribution in [0.5, 0.6) is 0 Å². The van der Waals surface area contributed by atoms with Gasteiger partial charge in [-0.1, -0.05) is 6.07 Å². The van der Waals surface area contributed by atoms with E-state index >= 15 is 0 Å². The number of nitriles is 1. The third kappa shape index (κ3) is 2.72. The molecule has 0 fully saturated rings. The lowest BCUT2D eigenvalue weighted by molar-refractivity contribution is -0.385. The van der Waals surface area contributed by atoms with E-state index < -0.39 is 21.0 Å². The summed E-state index contributed by atoms with van der Waals surface area (Å²) in [6, 6.07) is 4.79. The van der Waals surface area contributed by atoms with Crippen molar-refractivity contribution in [3.8, 4) is 6.07 Å². The number of sulfonamides is 1. The van der Waals surface area contributed by atoms with Gasteiger partial charge in [-0.15, -0.1) is 0 Å². The predicted molar refractivity (Wildman–Crippen MR) is 67.9 cm³/mol. The number of nitro benzene ring substituents is 1. The van der Waals surface area contributed by atoms with Gasteiger partial charge in [0.25, 0.3) is 5.69 Å². The lowest BCUT2D eigenvalue weighted by Crippen LogP contribution is -2.34. The van der Waals surface area contributed by atoms with Crippen LogP contribution in [0.25, 0.3) is 0 Å². The lowest BCUT2D eigenvalue weighted by atomic mass is 10.2. The van der Waals surface area contributed by atoms with Crippen molar-refractivity contribution >= 4 is 15.7 Å². The topological polar surface area (TPSA) is 104 Å². The van der Waals surface area contributed by atoms with Crippen LogP contribution in [-0.2, 0) is 10.0 Å². The summed E-state index contributed by atoms with van der Waals surface area (Å²) < 4.78 is 25.4. The summed E-state index contributed by atoms with van der Waals surface area (Å²) in [5.74, 6) is 0. The maximum Gasteiger partial charge on any atom is 0.273 e. The van der Waals surface area contributed by atoms with E-state index in [1.54, 1.807) is 0 Å². The van der Waals surface area contributed by atoms with E-state index in [1.165, 1.54) is 39.1 Å². The molecule has 0 amide bonds. The summed E-state index contributed by atoms with van der Waals surface area (Å²) in [5, 5.41) is 19.6. The molecule has 0 bridgehead atoms. The zero-order valence-electron chi connectivity index (χ0n) is 10.7. The molecule has 102 valence electrons. The largest absolute Gasteiger partial charge is 0.273 e. The predicted octanol–water partition coefficient (Wildman–Crippen LogP) is 1.44. The molecule has 0 spiro atoms. The molecular formula is C11H13N3O4S. The Kier molecular flexibility index (Phi) is 4.24. The molecule has 0 saturated carbocycles. The fourth-order valence-electron chi connectivity index (χ4n) is 1.52. The summed E-state index contributed by atoms with van der Waals surface area (Å²) >= 11 is 0. The minimum absolute atomic E-state index is 0.0597. The second-order valence-corrected chi connectivity index (χ2v) is 5.95. The maximum atomic E-state index is 12.3. The number of rotatable bonds is 4. The van der Waals surface area contributed by atoms with Crippen LogP contribution < -0.4 is 0 Å². The molecule has 0 aliphatic rings. The number of nitro groups is 1. The summed E-state index contributed by atoms with van der Waals surface area (Å²) in [5.41, 5.74) is -0.205. The van der Waals surface area contributed by atoms with Crippen molar-refractivity contribution in [2.24, 2.45) is 0 Å². The average Bonchev–Trinajstić information content (AvgIpc) is 2.36. The highest BCUT2D eigenvalue weighted by atomic mass is 32.2. The van der Waals surface area contributed by atoms with E-state index in [9.17, 15) is 18.5 Å². The van der Waals surface area contributed by atoms with Gasteiger partial charge < -0.3 is 0 Å². The van der Waals surface area contributed by atoms with Gasteiger partial charge in [0.05, 0.1) is 15.9 Å². The van der Waals surface area contributed by atoms with Crippen LogP contribution >= 0.6 is 0 Å². The zero-order chi connectivity index (χ0) is 14.8. The van der Waals surface area contributed by atoms with E-state index in [2.05, 4.69) is 0 Å². The Morgan fingerprint density at radius 3 is 2.53 bits per heavy atom. The van der Waals surface area contributed by atoms with Gasteiger partial charge in [0, 0.05) is 18.7 Å². The van der Waals surface area contributed by atoms with Crippen LogP contribution in [0.2, 0.25) is 0 Å². The van der Waals surface area contributed by atoms with Gasteiger partial charge in [-0.05, 0) is 19.9 Å². The number of hydrogen-bond donors (Lipinski definition) is 0. The Morgan fingerprint density at radius 2 is 2.05 bits per heavy atom. The van der Waals surface area contributed by atoms with E-state index in [0.29, 0.717) is 0 Å². The Labute approximate surface area is 111 Å². The van der Waals surface area contributed by atoms with Crippen LogP contribution in [0.4, 0.5) is 5.69 Å². The molecule has 0 aliphatic heterocycles. The molecule has 1 unspecified atom stereocenters. The molecular weight excluding hydrogens is 270 g/mol. The van der Waals surface area contributed by atoms with Crippen molar-refractivity contribution in [2.45, 2.75) is 24.8 Å². The molecule has 1 aromatic carbocycles. The third-order valence-electron chi connectivity index (χ3n) is 2.84. The molecule has 0 radical (unpaired) electrons. The molecule has 7 nitrogen and oxygen atoms in total. The van der Waals surface area contributed by atoms with Crippen molar-refractivity contribution in [3.05, 3.63) is 33.9 Å². The van der Waals surface area contributed by atoms with Crippen molar-refractivity contribution < 1.29 is 13.3 Å². The van der Waals surface area contributed by atoms with Crippen LogP contribution in [0.1, 0.15) is 12.5 Å². The minimum Gasteiger partial charge on any atom is -0.258 e. The third-order valence-corrected chi connectivity index (χ3v) is 4.91. The van der Waals surface area contributed by atoms with E-state index in [1.807, 2.05) is 6.07 Å². The molecule has 0 aromatic heterocycles. The fraction of sp³-hybridized carbons (Fsp3) is 0.364. The highest BCUT2D eigenvalue weighted by Gasteiger charge is 2.29. The van der Waals surface area contributed by atoms with Crippen molar-refractivity contribution in [1.29, 1.82) is 5.26 Å². The monoisotopic (exact) mass is 283 g/mol. The van der Waals surface area contributed by atoms with Gasteiger partial charge in [0.1, 0.15) is 6.04 Å². The summed E-state index contributed by atoms with van der Waals surface area (Å²) in [7, 11) is -2.67. The van der Waals surface area contributed by atoms with Gasteiger partial charge in [0.15, 0.2) is 0 Å². The first kappa shape index (κ1) is 15.1. The van der Waals surface area contributed by atoms with Gasteiger partial charge in [0.2, 0.25) is 10.0 Å². The van der Waals surface area contributed by atoms with Crippen molar-refractivity contribution in [2.75, 3.05) is 7.05 Å². The van der Waals surface area contributed by atoms with Gasteiger partial charge in [-0.3, -0.25) is 10.1 Å². The van der Waals surface area contributed by atoms with Crippen LogP contribution in [0.3, 0.4) is 0 Å². The summed E-state index contributed by atoms with van der Waals surface area (Å²) in [6.45, 7) is 2.81. The zero-order valence-corrected chi connectivity index (χ0v) is 11.5. The molecule has 19 heavy (non-hydrogen) atoms. The first-order valence-electron chi connectivity index (χ1n) is 5.35. The maximum absolute atomic E-state index is 12.3. The second kappa shape index (κ2) is 5.34. The van der Waals surface area contributed by atoms with E-state index in [-0.39, 0.29) is 16.1 Å². The first-order valence-corrected chi connectivity index (χ1v) is 6.79. The van der Waals surface area contributed by atoms with Gasteiger partial charge in [-0.25, -0.2) is 8.42 Å². The summed E-state index contributed by atoms with van der Waals surface area (Å²) in [4.78, 5) is 10.0. The summed E-state index contributed by atoms with van der Waals surface area (Å²) in [6.07, 6.45) is 0. The number of nitrogens with zero attached hydrogens (tertiary/aromatic N) is 3. The molecule has 0 saturated heterocycles. The number of benzene rings is 1. The second-order valence-electron chi connectivity index (χ2n) is 3.98. The van der Waals surface area contributed by atoms with E-state index in [4.69, 9.17) is 5.26 Å². The van der Waals surface area contributed by atoms with Crippen molar-refractivity contribution in [1.82, 2.24) is 4.31 Å². The number of hydrogen-bond acceptors (Lipinski definition) is 5. The van der Waals surface area contributed by atoms with Crippen molar-refractivity contribution in [3.63, 3.8) is 0 Å². The molecule has 0 aliphatic carbocycles. The Morgan fingerprint density at radius 1 is 1.47 bits per heavy atom. The molecule has 1 rings (SSSR count). The van der Waals surface area contributed by atoms with Gasteiger partial charge in [-0.2, -0.15) is 9.57 Å². The van der Waals surface area contributed by atoms with E-state index in [0.717, 1.165) is 4.31 Å². The van der Waals surface area contributed by atoms with Crippen LogP contribution in [0.15, 0.2) is 23.1 Å². The Bertz CT molecular complexity index is 648. The lowest BCUT2D eigenvalue weighted by Gasteiger charge is -2.20. The SMILES string of the molecule is Cc1c([N+](=O)[O-])cccc1S(=O)(=O)N(C)C(C)C#N. The smallest absolute Gasteiger partial charge is 0.258 e. The van der Waals surface area contributed by atoms with Crippen LogP contribution in [0, 0.1) is 28.4 Å². The standard InChI is InChI=1S/C11H13N3O4S/c1-8(7-12)13(3)19(17,18)11-6-4-5-10(9(11)2)14(15)16/h4-6,8H,1-3H3. The average molecular weight is 283 g/mol. The molecule has 0 heterocycles. The Balaban J connectivity index is 3.43. The highest BCUT2D eigenvalue weighted by molar-refractivity contribution is 7.89. The highest BCUT2D eigenvalue weighted by Crippen LogP contribution is 2.27.